The molecule has 3 rings (SSSR count). The van der Waals surface area contributed by atoms with Crippen molar-refractivity contribution in [3.05, 3.63) is 76.7 Å². The van der Waals surface area contributed by atoms with E-state index in [0.717, 1.165) is 16.7 Å². The van der Waals surface area contributed by atoms with Gasteiger partial charge in [0.25, 0.3) is 5.91 Å². The fourth-order valence-corrected chi connectivity index (χ4v) is 3.42. The van der Waals surface area contributed by atoms with Gasteiger partial charge in [0.05, 0.1) is 7.11 Å². The molecule has 0 aliphatic heterocycles. The molecule has 1 aromatic heterocycles. The van der Waals surface area contributed by atoms with Crippen LogP contribution in [0.2, 0.25) is 0 Å². The zero-order valence-corrected chi connectivity index (χ0v) is 14.7. The fourth-order valence-electron chi connectivity index (χ4n) is 2.47. The van der Waals surface area contributed by atoms with E-state index in [4.69, 9.17) is 4.74 Å². The van der Waals surface area contributed by atoms with E-state index in [2.05, 4.69) is 5.32 Å². The van der Waals surface area contributed by atoms with Gasteiger partial charge in [-0.2, -0.15) is 0 Å². The number of hydrogen-bond donors (Lipinski definition) is 1. The summed E-state index contributed by atoms with van der Waals surface area (Å²) in [6.45, 7) is 1.96. The Kier molecular flexibility index (Phi) is 4.95. The molecular weight excluding hydrogens is 334 g/mol. The molecule has 0 aliphatic carbocycles. The number of nitrogens with one attached hydrogen (secondary N) is 1. The summed E-state index contributed by atoms with van der Waals surface area (Å²) in [4.78, 5) is 24.8. The Hall–Kier alpha value is -2.92. The van der Waals surface area contributed by atoms with Gasteiger partial charge in [-0.1, -0.05) is 48.0 Å². The minimum atomic E-state index is -0.473. The lowest BCUT2D eigenvalue weighted by Crippen LogP contribution is -2.14. The van der Waals surface area contributed by atoms with Crippen LogP contribution in [0.25, 0.3) is 11.1 Å². The van der Waals surface area contributed by atoms with Crippen LogP contribution in [-0.4, -0.2) is 19.0 Å². The molecule has 4 nitrogen and oxygen atoms in total. The molecule has 0 saturated carbocycles. The largest absolute Gasteiger partial charge is 0.465 e. The van der Waals surface area contributed by atoms with Crippen LogP contribution in [0.5, 0.6) is 0 Å². The summed E-state index contributed by atoms with van der Waals surface area (Å²) < 4.78 is 4.92. The highest BCUT2D eigenvalue weighted by Crippen LogP contribution is 2.36. The van der Waals surface area contributed by atoms with Gasteiger partial charge in [-0.15, -0.1) is 11.3 Å². The molecule has 2 aromatic carbocycles. The van der Waals surface area contributed by atoms with E-state index in [1.807, 2.05) is 54.8 Å². The molecule has 1 heterocycles. The quantitative estimate of drug-likeness (QED) is 0.689. The van der Waals surface area contributed by atoms with Crippen molar-refractivity contribution >= 4 is 28.2 Å². The standard InChI is InChI=1S/C20H17NO3S/c1-13-8-10-15(11-9-13)18(22)21-19-17(20(23)24-2)16(12-25-19)14-6-4-3-5-7-14/h3-12H,1-2H3,(H,21,22). The van der Waals surface area contributed by atoms with Gasteiger partial charge in [-0.3, -0.25) is 4.79 Å². The van der Waals surface area contributed by atoms with Gasteiger partial charge in [-0.25, -0.2) is 4.79 Å². The monoisotopic (exact) mass is 351 g/mol. The third-order valence-corrected chi connectivity index (χ3v) is 4.70. The Bertz CT molecular complexity index is 898. The SMILES string of the molecule is COC(=O)c1c(-c2ccccc2)csc1NC(=O)c1ccc(C)cc1. The molecule has 0 unspecified atom stereocenters. The zero-order chi connectivity index (χ0) is 17.8. The second-order valence-electron chi connectivity index (χ2n) is 5.53. The number of amides is 1. The van der Waals surface area contributed by atoms with Crippen LogP contribution in [0.15, 0.2) is 60.0 Å². The highest BCUT2D eigenvalue weighted by molar-refractivity contribution is 7.15. The third-order valence-electron chi connectivity index (χ3n) is 3.81. The van der Waals surface area contributed by atoms with Crippen LogP contribution in [0.1, 0.15) is 26.3 Å². The normalized spacial score (nSPS) is 10.3. The van der Waals surface area contributed by atoms with Gasteiger partial charge in [-0.05, 0) is 24.6 Å². The predicted octanol–water partition coefficient (Wildman–Crippen LogP) is 4.76. The lowest BCUT2D eigenvalue weighted by Gasteiger charge is -2.08. The molecule has 5 heteroatoms. The maximum absolute atomic E-state index is 12.5. The van der Waals surface area contributed by atoms with Crippen LogP contribution in [-0.2, 0) is 4.74 Å². The topological polar surface area (TPSA) is 55.4 Å². The average Bonchev–Trinajstić information content (AvgIpc) is 3.05. The summed E-state index contributed by atoms with van der Waals surface area (Å²) >= 11 is 1.31. The molecule has 0 bridgehead atoms. The van der Waals surface area contributed by atoms with Crippen molar-refractivity contribution in [2.75, 3.05) is 12.4 Å². The number of rotatable bonds is 4. The van der Waals surface area contributed by atoms with Crippen molar-refractivity contribution in [3.8, 4) is 11.1 Å². The molecule has 0 atom stereocenters. The van der Waals surface area contributed by atoms with Crippen LogP contribution in [0, 0.1) is 6.92 Å². The number of aryl methyl sites for hydroxylation is 1. The lowest BCUT2D eigenvalue weighted by atomic mass is 10.0. The van der Waals surface area contributed by atoms with Crippen molar-refractivity contribution < 1.29 is 14.3 Å². The summed E-state index contributed by atoms with van der Waals surface area (Å²) in [5.41, 5.74) is 3.64. The maximum Gasteiger partial charge on any atom is 0.341 e. The molecular formula is C20H17NO3S. The average molecular weight is 351 g/mol. The predicted molar refractivity (Wildman–Crippen MR) is 100 cm³/mol. The van der Waals surface area contributed by atoms with E-state index in [9.17, 15) is 9.59 Å². The molecule has 0 aliphatic rings. The van der Waals surface area contributed by atoms with Crippen molar-refractivity contribution in [1.82, 2.24) is 0 Å². The summed E-state index contributed by atoms with van der Waals surface area (Å²) in [6, 6.07) is 16.8. The molecule has 0 saturated heterocycles. The summed E-state index contributed by atoms with van der Waals surface area (Å²) in [5, 5.41) is 5.17. The first-order chi connectivity index (χ1) is 12.1. The minimum absolute atomic E-state index is 0.258. The maximum atomic E-state index is 12.5. The summed E-state index contributed by atoms with van der Waals surface area (Å²) in [5.74, 6) is -0.731. The molecule has 0 radical (unpaired) electrons. The smallest absolute Gasteiger partial charge is 0.341 e. The number of carbonyl (C=O) groups excluding carboxylic acids is 2. The van der Waals surface area contributed by atoms with Crippen molar-refractivity contribution in [1.29, 1.82) is 0 Å². The Labute approximate surface area is 150 Å². The number of benzene rings is 2. The Morgan fingerprint density at radius 1 is 1.00 bits per heavy atom. The molecule has 25 heavy (non-hydrogen) atoms. The van der Waals surface area contributed by atoms with Crippen LogP contribution >= 0.6 is 11.3 Å². The van der Waals surface area contributed by atoms with Gasteiger partial charge in [0, 0.05) is 16.5 Å². The number of hydrogen-bond acceptors (Lipinski definition) is 4. The Morgan fingerprint density at radius 3 is 2.32 bits per heavy atom. The molecule has 1 N–H and O–H groups in total. The number of methoxy groups -OCH3 is 1. The highest BCUT2D eigenvalue weighted by atomic mass is 32.1. The first kappa shape index (κ1) is 16.9. The third kappa shape index (κ3) is 3.61. The molecule has 1 amide bonds. The lowest BCUT2D eigenvalue weighted by molar-refractivity contribution is 0.0603. The zero-order valence-electron chi connectivity index (χ0n) is 13.9. The van der Waals surface area contributed by atoms with Gasteiger partial charge in [0.15, 0.2) is 0 Å². The van der Waals surface area contributed by atoms with Gasteiger partial charge in [0.2, 0.25) is 0 Å². The number of ether oxygens (including phenoxy) is 1. The van der Waals surface area contributed by atoms with Crippen LogP contribution in [0.3, 0.4) is 0 Å². The van der Waals surface area contributed by atoms with Crippen molar-refractivity contribution in [2.24, 2.45) is 0 Å². The number of carbonyl (C=O) groups is 2. The minimum Gasteiger partial charge on any atom is -0.465 e. The second kappa shape index (κ2) is 7.32. The van der Waals surface area contributed by atoms with Crippen LogP contribution < -0.4 is 5.32 Å². The fraction of sp³-hybridized carbons (Fsp3) is 0.100. The summed E-state index contributed by atoms with van der Waals surface area (Å²) in [6.07, 6.45) is 0. The van der Waals surface area contributed by atoms with Gasteiger partial charge < -0.3 is 10.1 Å². The highest BCUT2D eigenvalue weighted by Gasteiger charge is 2.22. The number of esters is 1. The van der Waals surface area contributed by atoms with E-state index in [-0.39, 0.29) is 5.91 Å². The number of anilines is 1. The molecule has 126 valence electrons. The first-order valence-corrected chi connectivity index (χ1v) is 8.61. The molecule has 0 spiro atoms. The molecule has 3 aromatic rings. The first-order valence-electron chi connectivity index (χ1n) is 7.73. The summed E-state index contributed by atoms with van der Waals surface area (Å²) in [7, 11) is 1.33. The van der Waals surface area contributed by atoms with E-state index in [1.165, 1.54) is 18.4 Å². The van der Waals surface area contributed by atoms with Crippen molar-refractivity contribution in [2.45, 2.75) is 6.92 Å². The van der Waals surface area contributed by atoms with E-state index < -0.39 is 5.97 Å². The Morgan fingerprint density at radius 2 is 1.68 bits per heavy atom. The number of thiophene rings is 1. The van der Waals surface area contributed by atoms with Crippen molar-refractivity contribution in [3.63, 3.8) is 0 Å². The van der Waals surface area contributed by atoms with E-state index >= 15 is 0 Å². The second-order valence-corrected chi connectivity index (χ2v) is 6.41. The van der Waals surface area contributed by atoms with E-state index in [1.54, 1.807) is 12.1 Å². The van der Waals surface area contributed by atoms with Gasteiger partial charge in [0.1, 0.15) is 10.6 Å². The van der Waals surface area contributed by atoms with Crippen LogP contribution in [0.4, 0.5) is 5.00 Å². The van der Waals surface area contributed by atoms with Gasteiger partial charge >= 0.3 is 5.97 Å². The molecule has 0 fully saturated rings. The van der Waals surface area contributed by atoms with E-state index in [0.29, 0.717) is 16.1 Å². The Balaban J connectivity index is 1.96.